The number of nitrogens with one attached hydrogen (secondary N) is 1. The van der Waals surface area contributed by atoms with Gasteiger partial charge in [0.2, 0.25) is 5.91 Å². The number of benzene rings is 4. The van der Waals surface area contributed by atoms with Gasteiger partial charge in [-0.25, -0.2) is 4.98 Å². The highest BCUT2D eigenvalue weighted by Gasteiger charge is 2.22. The number of rotatable bonds is 5. The number of anilines is 1. The molecule has 4 aromatic carbocycles. The number of piperazine rings is 1. The van der Waals surface area contributed by atoms with E-state index in [1.54, 1.807) is 12.5 Å². The van der Waals surface area contributed by atoms with Crippen molar-refractivity contribution in [1.82, 2.24) is 25.0 Å². The van der Waals surface area contributed by atoms with Crippen molar-refractivity contribution >= 4 is 11.6 Å². The molecule has 2 saturated heterocycles. The van der Waals surface area contributed by atoms with Gasteiger partial charge in [-0.2, -0.15) is 5.10 Å². The number of aromatic amines is 1. The standard InChI is InChI=1S/C17H27N.C16H24N2O.C16H24.C12H15N3/c1-14(18-12-6-5-7-13-18)15-8-10-16(11-9-15)17(2,3)4;1-13(19)17-9-11-18(12-10-17)15-7-5-14(6-8-15)16(2,3)4;1-16(2,3)15-11-9-14(10-12-15)13-7-5-4-6-8-13;1-12(2,3)10-6-4-9(5-7-10)11-13-8-14-15-11/h8-11,14H,5-7,12-13H2,1-4H3;5-8H,9-12H2,1-4H3;9-13H,4-8H2,1-3H3;4-8H,1-3H3,(H,13,14,15). The van der Waals surface area contributed by atoms with E-state index in [2.05, 4.69) is 212 Å². The molecule has 5 aromatic rings. The summed E-state index contributed by atoms with van der Waals surface area (Å²) in [5.74, 6) is 1.83. The monoisotopic (exact) mass is 923 g/mol. The normalized spacial score (nSPS) is 16.9. The van der Waals surface area contributed by atoms with Gasteiger partial charge in [0.15, 0.2) is 5.82 Å². The van der Waals surface area contributed by atoms with Gasteiger partial charge in [0.1, 0.15) is 6.33 Å². The van der Waals surface area contributed by atoms with Crippen molar-refractivity contribution < 1.29 is 4.79 Å². The summed E-state index contributed by atoms with van der Waals surface area (Å²) in [6.45, 7) is 37.0. The third-order valence-corrected chi connectivity index (χ3v) is 14.3. The Kier molecular flexibility index (Phi) is 19.3. The lowest BCUT2D eigenvalue weighted by Crippen LogP contribution is -2.48. The smallest absolute Gasteiger partial charge is 0.219 e. The van der Waals surface area contributed by atoms with Crippen LogP contribution in [0.1, 0.15) is 194 Å². The third kappa shape index (κ3) is 16.5. The first kappa shape index (κ1) is 54.2. The molecule has 68 heavy (non-hydrogen) atoms. The summed E-state index contributed by atoms with van der Waals surface area (Å²) in [5, 5.41) is 6.68. The third-order valence-electron chi connectivity index (χ3n) is 14.3. The summed E-state index contributed by atoms with van der Waals surface area (Å²) >= 11 is 0. The van der Waals surface area contributed by atoms with Crippen molar-refractivity contribution in [2.45, 2.75) is 182 Å². The maximum absolute atomic E-state index is 11.3. The van der Waals surface area contributed by atoms with Gasteiger partial charge in [-0.3, -0.25) is 14.8 Å². The number of nitrogens with zero attached hydrogens (tertiary/aromatic N) is 5. The number of carbonyl (C=O) groups is 1. The van der Waals surface area contributed by atoms with Crippen LogP contribution in [0.25, 0.3) is 11.4 Å². The lowest BCUT2D eigenvalue weighted by Gasteiger charge is -2.35. The molecule has 7 heteroatoms. The van der Waals surface area contributed by atoms with Crippen LogP contribution in [0.5, 0.6) is 0 Å². The minimum atomic E-state index is 0.183. The summed E-state index contributed by atoms with van der Waals surface area (Å²) < 4.78 is 0. The predicted molar refractivity (Wildman–Crippen MR) is 290 cm³/mol. The van der Waals surface area contributed by atoms with Crippen molar-refractivity contribution in [3.8, 4) is 11.4 Å². The predicted octanol–water partition coefficient (Wildman–Crippen LogP) is 15.0. The van der Waals surface area contributed by atoms with Crippen LogP contribution in [0.3, 0.4) is 0 Å². The summed E-state index contributed by atoms with van der Waals surface area (Å²) in [6.07, 6.45) is 12.7. The molecule has 1 unspecified atom stereocenters. The summed E-state index contributed by atoms with van der Waals surface area (Å²) in [4.78, 5) is 22.3. The highest BCUT2D eigenvalue weighted by atomic mass is 16.2. The molecule has 7 nitrogen and oxygen atoms in total. The number of hydrogen-bond donors (Lipinski definition) is 1. The molecule has 1 atom stereocenters. The minimum absolute atomic E-state index is 0.183. The van der Waals surface area contributed by atoms with Crippen LogP contribution < -0.4 is 4.90 Å². The van der Waals surface area contributed by atoms with Gasteiger partial charge in [-0.05, 0) is 119 Å². The number of aromatic nitrogens is 3. The van der Waals surface area contributed by atoms with Crippen LogP contribution in [0.4, 0.5) is 5.69 Å². The summed E-state index contributed by atoms with van der Waals surface area (Å²) in [7, 11) is 0. The highest BCUT2D eigenvalue weighted by Crippen LogP contribution is 2.34. The van der Waals surface area contributed by atoms with Crippen LogP contribution in [0, 0.1) is 0 Å². The number of carbonyl (C=O) groups excluding carboxylic acids is 1. The van der Waals surface area contributed by atoms with Crippen molar-refractivity contribution in [1.29, 1.82) is 0 Å². The second-order valence-corrected chi connectivity index (χ2v) is 23.8. The molecule has 1 amide bonds. The second kappa shape index (κ2) is 24.2. The molecule has 2 aliphatic heterocycles. The maximum atomic E-state index is 11.3. The molecule has 3 aliphatic rings. The molecular weight excluding hydrogens is 833 g/mol. The quantitative estimate of drug-likeness (QED) is 0.190. The van der Waals surface area contributed by atoms with Gasteiger partial charge in [-0.15, -0.1) is 0 Å². The van der Waals surface area contributed by atoms with Crippen LogP contribution in [-0.4, -0.2) is 70.2 Å². The zero-order chi connectivity index (χ0) is 49.7. The number of H-pyrrole nitrogens is 1. The van der Waals surface area contributed by atoms with Crippen LogP contribution in [0.15, 0.2) is 103 Å². The molecule has 0 radical (unpaired) electrons. The van der Waals surface area contributed by atoms with Crippen LogP contribution in [-0.2, 0) is 26.5 Å². The van der Waals surface area contributed by atoms with Crippen molar-refractivity contribution in [3.63, 3.8) is 0 Å². The lowest BCUT2D eigenvalue weighted by molar-refractivity contribution is -0.129. The Morgan fingerprint density at radius 3 is 1.40 bits per heavy atom. The van der Waals surface area contributed by atoms with Gasteiger partial charge in [0.25, 0.3) is 0 Å². The molecule has 370 valence electrons. The van der Waals surface area contributed by atoms with E-state index in [0.717, 1.165) is 43.5 Å². The number of amides is 1. The number of hydrogen-bond acceptors (Lipinski definition) is 5. The first-order valence-corrected chi connectivity index (χ1v) is 26.0. The minimum Gasteiger partial charge on any atom is -0.368 e. The number of piperidine rings is 1. The molecule has 3 fully saturated rings. The molecule has 1 N–H and O–H groups in total. The Bertz CT molecular complexity index is 2200. The molecular formula is C61H90N6O. The Morgan fingerprint density at radius 1 is 0.544 bits per heavy atom. The maximum Gasteiger partial charge on any atom is 0.219 e. The average Bonchev–Trinajstić information content (AvgIpc) is 3.87. The van der Waals surface area contributed by atoms with Gasteiger partial charge in [0.05, 0.1) is 0 Å². The average molecular weight is 923 g/mol. The van der Waals surface area contributed by atoms with E-state index < -0.39 is 0 Å². The van der Waals surface area contributed by atoms with E-state index in [4.69, 9.17) is 0 Å². The summed E-state index contributed by atoms with van der Waals surface area (Å²) in [5.41, 5.74) is 11.9. The first-order valence-electron chi connectivity index (χ1n) is 26.0. The van der Waals surface area contributed by atoms with Crippen molar-refractivity contribution in [2.24, 2.45) is 0 Å². The fraction of sp³-hybridized carbons (Fsp3) is 0.557. The Balaban J connectivity index is 0.000000170. The Hall–Kier alpha value is -4.75. The zero-order valence-electron chi connectivity index (χ0n) is 45.0. The molecule has 3 heterocycles. The molecule has 1 aliphatic carbocycles. The van der Waals surface area contributed by atoms with E-state index in [0.29, 0.717) is 6.04 Å². The molecule has 8 rings (SSSR count). The molecule has 0 bridgehead atoms. The van der Waals surface area contributed by atoms with Crippen molar-refractivity contribution in [3.05, 3.63) is 137 Å². The lowest BCUT2D eigenvalue weighted by atomic mass is 9.81. The SMILES string of the molecule is CC(=O)N1CCN(c2ccc(C(C)(C)C)cc2)CC1.CC(C)(C)c1ccc(-c2ncn[nH]2)cc1.CC(C)(C)c1ccc(C2CCCCC2)cc1.CC(c1ccc(C(C)(C)C)cc1)N1CCCCC1. The fourth-order valence-electron chi connectivity index (χ4n) is 9.39. The van der Waals surface area contributed by atoms with Gasteiger partial charge < -0.3 is 9.80 Å². The highest BCUT2D eigenvalue weighted by molar-refractivity contribution is 5.73. The Labute approximate surface area is 413 Å². The van der Waals surface area contributed by atoms with Gasteiger partial charge in [0, 0.05) is 50.4 Å². The van der Waals surface area contributed by atoms with Crippen LogP contribution >= 0.6 is 0 Å². The van der Waals surface area contributed by atoms with Gasteiger partial charge >= 0.3 is 0 Å². The topological polar surface area (TPSA) is 68.4 Å². The van der Waals surface area contributed by atoms with Gasteiger partial charge in [-0.1, -0.05) is 194 Å². The largest absolute Gasteiger partial charge is 0.368 e. The van der Waals surface area contributed by atoms with Crippen LogP contribution in [0.2, 0.25) is 0 Å². The van der Waals surface area contributed by atoms with E-state index >= 15 is 0 Å². The van der Waals surface area contributed by atoms with E-state index in [9.17, 15) is 4.79 Å². The fourth-order valence-corrected chi connectivity index (χ4v) is 9.39. The zero-order valence-corrected chi connectivity index (χ0v) is 45.0. The summed E-state index contributed by atoms with van der Waals surface area (Å²) in [6, 6.07) is 36.4. The van der Waals surface area contributed by atoms with Crippen molar-refractivity contribution in [2.75, 3.05) is 44.2 Å². The van der Waals surface area contributed by atoms with E-state index in [1.165, 1.54) is 104 Å². The second-order valence-electron chi connectivity index (χ2n) is 23.8. The Morgan fingerprint density at radius 2 is 0.971 bits per heavy atom. The molecule has 1 saturated carbocycles. The molecule has 1 aromatic heterocycles. The van der Waals surface area contributed by atoms with E-state index in [1.807, 2.05) is 4.90 Å². The molecule has 0 spiro atoms. The van der Waals surface area contributed by atoms with E-state index in [-0.39, 0.29) is 27.6 Å². The number of likely N-dealkylation sites (tertiary alicyclic amines) is 1. The first-order chi connectivity index (χ1) is 32.0.